The van der Waals surface area contributed by atoms with Crippen molar-refractivity contribution >= 4 is 0 Å². The van der Waals surface area contributed by atoms with E-state index in [0.29, 0.717) is 18.4 Å². The molecule has 0 heterocycles. The fourth-order valence-electron chi connectivity index (χ4n) is 2.45. The van der Waals surface area contributed by atoms with Crippen LogP contribution in [0.25, 0.3) is 0 Å². The van der Waals surface area contributed by atoms with Gasteiger partial charge in [0.25, 0.3) is 0 Å². The highest BCUT2D eigenvalue weighted by atomic mass is 19.3. The van der Waals surface area contributed by atoms with E-state index in [4.69, 9.17) is 0 Å². The summed E-state index contributed by atoms with van der Waals surface area (Å²) in [6.07, 6.45) is 0.393. The molecule has 2 rings (SSSR count). The van der Waals surface area contributed by atoms with Gasteiger partial charge in [0.1, 0.15) is 5.75 Å². The molecule has 0 spiro atoms. The second-order valence-corrected chi connectivity index (χ2v) is 4.21. The Kier molecular flexibility index (Phi) is 2.63. The van der Waals surface area contributed by atoms with E-state index >= 15 is 0 Å². The minimum absolute atomic E-state index is 0.0689. The first-order chi connectivity index (χ1) is 7.15. The molecule has 1 aromatic carbocycles. The second-order valence-electron chi connectivity index (χ2n) is 4.21. The SMILES string of the molecule is Oc1cccc(C2(C(F)F)CCCC2)c1. The summed E-state index contributed by atoms with van der Waals surface area (Å²) in [6.45, 7) is 0. The summed E-state index contributed by atoms with van der Waals surface area (Å²) in [5.74, 6) is 0.0689. The Hall–Kier alpha value is -1.12. The largest absolute Gasteiger partial charge is 0.508 e. The predicted molar refractivity (Wildman–Crippen MR) is 54.3 cm³/mol. The lowest BCUT2D eigenvalue weighted by molar-refractivity contribution is 0.0521. The van der Waals surface area contributed by atoms with Crippen molar-refractivity contribution in [2.24, 2.45) is 0 Å². The number of hydrogen-bond donors (Lipinski definition) is 1. The van der Waals surface area contributed by atoms with Crippen molar-refractivity contribution in [3.05, 3.63) is 29.8 Å². The van der Waals surface area contributed by atoms with E-state index in [-0.39, 0.29) is 5.75 Å². The Morgan fingerprint density at radius 3 is 2.40 bits per heavy atom. The van der Waals surface area contributed by atoms with Crippen LogP contribution in [0.3, 0.4) is 0 Å². The summed E-state index contributed by atoms with van der Waals surface area (Å²) in [4.78, 5) is 0. The Labute approximate surface area is 87.7 Å². The van der Waals surface area contributed by atoms with E-state index < -0.39 is 11.8 Å². The number of benzene rings is 1. The fourth-order valence-corrected chi connectivity index (χ4v) is 2.45. The third-order valence-corrected chi connectivity index (χ3v) is 3.33. The van der Waals surface area contributed by atoms with Crippen LogP contribution < -0.4 is 0 Å². The monoisotopic (exact) mass is 212 g/mol. The lowest BCUT2D eigenvalue weighted by atomic mass is 9.79. The number of phenols is 1. The second kappa shape index (κ2) is 3.80. The van der Waals surface area contributed by atoms with Gasteiger partial charge in [0.05, 0.1) is 5.41 Å². The molecule has 1 fully saturated rings. The van der Waals surface area contributed by atoms with E-state index in [1.165, 1.54) is 12.1 Å². The Morgan fingerprint density at radius 2 is 1.87 bits per heavy atom. The molecule has 1 N–H and O–H groups in total. The minimum Gasteiger partial charge on any atom is -0.508 e. The van der Waals surface area contributed by atoms with Crippen molar-refractivity contribution < 1.29 is 13.9 Å². The van der Waals surface area contributed by atoms with Crippen LogP contribution in [0, 0.1) is 0 Å². The average molecular weight is 212 g/mol. The fraction of sp³-hybridized carbons (Fsp3) is 0.500. The molecular weight excluding hydrogens is 198 g/mol. The Bertz CT molecular complexity index is 343. The zero-order valence-corrected chi connectivity index (χ0v) is 8.42. The summed E-state index contributed by atoms with van der Waals surface area (Å²) in [5.41, 5.74) is -0.436. The van der Waals surface area contributed by atoms with Crippen LogP contribution >= 0.6 is 0 Å². The first kappa shape index (κ1) is 10.4. The first-order valence-corrected chi connectivity index (χ1v) is 5.23. The van der Waals surface area contributed by atoms with E-state index in [1.807, 2.05) is 0 Å². The van der Waals surface area contributed by atoms with Crippen LogP contribution in [0.15, 0.2) is 24.3 Å². The number of alkyl halides is 2. The molecule has 0 unspecified atom stereocenters. The van der Waals surface area contributed by atoms with Crippen LogP contribution in [-0.4, -0.2) is 11.5 Å². The van der Waals surface area contributed by atoms with Crippen molar-refractivity contribution in [2.75, 3.05) is 0 Å². The van der Waals surface area contributed by atoms with Crippen LogP contribution in [0.4, 0.5) is 8.78 Å². The lowest BCUT2D eigenvalue weighted by Gasteiger charge is -2.28. The van der Waals surface area contributed by atoms with Crippen LogP contribution in [-0.2, 0) is 5.41 Å². The molecule has 15 heavy (non-hydrogen) atoms. The standard InChI is InChI=1S/C12H14F2O/c13-11(14)12(6-1-2-7-12)9-4-3-5-10(15)8-9/h3-5,8,11,15H,1-2,6-7H2. The number of hydrogen-bond acceptors (Lipinski definition) is 1. The quantitative estimate of drug-likeness (QED) is 0.795. The molecule has 3 heteroatoms. The topological polar surface area (TPSA) is 20.2 Å². The lowest BCUT2D eigenvalue weighted by Crippen LogP contribution is -2.30. The molecular formula is C12H14F2O. The molecule has 0 saturated heterocycles. The van der Waals surface area contributed by atoms with Gasteiger partial charge in [-0.3, -0.25) is 0 Å². The molecule has 0 atom stereocenters. The van der Waals surface area contributed by atoms with Crippen molar-refractivity contribution in [1.82, 2.24) is 0 Å². The molecule has 1 saturated carbocycles. The first-order valence-electron chi connectivity index (χ1n) is 5.23. The smallest absolute Gasteiger partial charge is 0.248 e. The maximum Gasteiger partial charge on any atom is 0.248 e. The van der Waals surface area contributed by atoms with Crippen molar-refractivity contribution in [3.8, 4) is 5.75 Å². The number of halogens is 2. The van der Waals surface area contributed by atoms with E-state index in [1.54, 1.807) is 12.1 Å². The summed E-state index contributed by atoms with van der Waals surface area (Å²) in [7, 11) is 0. The van der Waals surface area contributed by atoms with Crippen LogP contribution in [0.5, 0.6) is 5.75 Å². The van der Waals surface area contributed by atoms with Crippen LogP contribution in [0.1, 0.15) is 31.2 Å². The number of aromatic hydroxyl groups is 1. The van der Waals surface area contributed by atoms with E-state index in [0.717, 1.165) is 12.8 Å². The van der Waals surface area contributed by atoms with Gasteiger partial charge >= 0.3 is 0 Å². The van der Waals surface area contributed by atoms with Crippen molar-refractivity contribution in [3.63, 3.8) is 0 Å². The van der Waals surface area contributed by atoms with Gasteiger partial charge in [-0.25, -0.2) is 8.78 Å². The summed E-state index contributed by atoms with van der Waals surface area (Å²) < 4.78 is 26.3. The van der Waals surface area contributed by atoms with Gasteiger partial charge in [-0.1, -0.05) is 25.0 Å². The molecule has 0 radical (unpaired) electrons. The van der Waals surface area contributed by atoms with Gasteiger partial charge in [-0.2, -0.15) is 0 Å². The van der Waals surface area contributed by atoms with Gasteiger partial charge in [0.2, 0.25) is 6.43 Å². The van der Waals surface area contributed by atoms with E-state index in [9.17, 15) is 13.9 Å². The third-order valence-electron chi connectivity index (χ3n) is 3.33. The summed E-state index contributed by atoms with van der Waals surface area (Å²) >= 11 is 0. The molecule has 0 amide bonds. The highest BCUT2D eigenvalue weighted by Crippen LogP contribution is 2.46. The minimum atomic E-state index is -2.35. The maximum atomic E-state index is 13.1. The molecule has 1 aliphatic rings. The highest BCUT2D eigenvalue weighted by molar-refractivity contribution is 5.34. The van der Waals surface area contributed by atoms with Gasteiger partial charge in [-0.15, -0.1) is 0 Å². The number of rotatable bonds is 2. The van der Waals surface area contributed by atoms with Crippen LogP contribution in [0.2, 0.25) is 0 Å². The molecule has 0 aliphatic heterocycles. The normalized spacial score (nSPS) is 19.7. The van der Waals surface area contributed by atoms with Crippen molar-refractivity contribution in [1.29, 1.82) is 0 Å². The molecule has 1 aliphatic carbocycles. The van der Waals surface area contributed by atoms with Gasteiger partial charge in [-0.05, 0) is 30.5 Å². The number of phenolic OH excluding ortho intramolecular Hbond substituents is 1. The highest BCUT2D eigenvalue weighted by Gasteiger charge is 2.43. The Morgan fingerprint density at radius 1 is 1.20 bits per heavy atom. The average Bonchev–Trinajstić information content (AvgIpc) is 2.67. The molecule has 0 bridgehead atoms. The molecule has 82 valence electrons. The maximum absolute atomic E-state index is 13.1. The Balaban J connectivity index is 2.41. The zero-order valence-electron chi connectivity index (χ0n) is 8.42. The van der Waals surface area contributed by atoms with Gasteiger partial charge in [0.15, 0.2) is 0 Å². The predicted octanol–water partition coefficient (Wildman–Crippen LogP) is 3.47. The van der Waals surface area contributed by atoms with Gasteiger partial charge in [0, 0.05) is 0 Å². The third kappa shape index (κ3) is 1.71. The molecule has 0 aromatic heterocycles. The van der Waals surface area contributed by atoms with Crippen molar-refractivity contribution in [2.45, 2.75) is 37.5 Å². The zero-order chi connectivity index (χ0) is 10.9. The van der Waals surface area contributed by atoms with Gasteiger partial charge < -0.3 is 5.11 Å². The molecule has 1 aromatic rings. The summed E-state index contributed by atoms with van der Waals surface area (Å²) in [5, 5.41) is 9.32. The molecule has 1 nitrogen and oxygen atoms in total. The van der Waals surface area contributed by atoms with E-state index in [2.05, 4.69) is 0 Å². The summed E-state index contributed by atoms with van der Waals surface area (Å²) in [6, 6.07) is 6.30.